The van der Waals surface area contributed by atoms with Gasteiger partial charge in [-0.05, 0) is 57.2 Å². The van der Waals surface area contributed by atoms with Crippen LogP contribution in [0.15, 0.2) is 6.07 Å². The lowest BCUT2D eigenvalue weighted by atomic mass is 9.93. The average Bonchev–Trinajstić information content (AvgIpc) is 2.70. The van der Waals surface area contributed by atoms with Gasteiger partial charge < -0.3 is 10.6 Å². The van der Waals surface area contributed by atoms with Crippen molar-refractivity contribution in [1.29, 1.82) is 0 Å². The zero-order valence-corrected chi connectivity index (χ0v) is 12.1. The first-order chi connectivity index (χ1) is 8.61. The van der Waals surface area contributed by atoms with E-state index in [-0.39, 0.29) is 5.91 Å². The molecule has 0 atom stereocenters. The van der Waals surface area contributed by atoms with Crippen LogP contribution in [0.25, 0.3) is 0 Å². The number of carbonyl (C=O) groups excluding carboxylic acids is 1. The van der Waals surface area contributed by atoms with Crippen LogP contribution >= 0.6 is 11.3 Å². The van der Waals surface area contributed by atoms with Crippen LogP contribution in [0.5, 0.6) is 0 Å². The Balaban J connectivity index is 1.95. The number of nitrogens with two attached hydrogens (primary N) is 1. The van der Waals surface area contributed by atoms with Crippen LogP contribution in [0.1, 0.15) is 39.4 Å². The van der Waals surface area contributed by atoms with Gasteiger partial charge in [0.05, 0.1) is 4.88 Å². The second kappa shape index (κ2) is 5.85. The predicted molar refractivity (Wildman–Crippen MR) is 76.1 cm³/mol. The van der Waals surface area contributed by atoms with Gasteiger partial charge in [-0.3, -0.25) is 4.79 Å². The first-order valence-electron chi connectivity index (χ1n) is 6.68. The number of rotatable bonds is 3. The second-order valence-electron chi connectivity index (χ2n) is 5.16. The van der Waals surface area contributed by atoms with Crippen molar-refractivity contribution in [2.45, 2.75) is 33.1 Å². The van der Waals surface area contributed by atoms with E-state index in [1.54, 1.807) is 11.3 Å². The maximum atomic E-state index is 12.3. The zero-order valence-electron chi connectivity index (χ0n) is 11.2. The molecule has 1 aliphatic rings. The number of thiophene rings is 1. The van der Waals surface area contributed by atoms with Crippen LogP contribution in [-0.2, 0) is 0 Å². The summed E-state index contributed by atoms with van der Waals surface area (Å²) in [5.41, 5.74) is 6.81. The predicted octanol–water partition coefficient (Wildman–Crippen LogP) is 2.57. The molecule has 0 saturated carbocycles. The maximum absolute atomic E-state index is 12.3. The van der Waals surface area contributed by atoms with Crippen LogP contribution < -0.4 is 5.73 Å². The third-order valence-corrected chi connectivity index (χ3v) is 4.99. The molecule has 0 radical (unpaired) electrons. The molecule has 0 aliphatic carbocycles. The third-order valence-electron chi connectivity index (χ3n) is 3.85. The lowest BCUT2D eigenvalue weighted by Crippen LogP contribution is -2.38. The Morgan fingerprint density at radius 3 is 2.61 bits per heavy atom. The SMILES string of the molecule is Cc1cc(C(=O)N2CCC(CCN)CC2)sc1C. The van der Waals surface area contributed by atoms with Gasteiger partial charge in [-0.15, -0.1) is 11.3 Å². The monoisotopic (exact) mass is 266 g/mol. The van der Waals surface area contributed by atoms with E-state index in [0.717, 1.165) is 43.8 Å². The second-order valence-corrected chi connectivity index (χ2v) is 6.42. The van der Waals surface area contributed by atoms with E-state index in [2.05, 4.69) is 13.8 Å². The molecule has 0 spiro atoms. The molecule has 1 saturated heterocycles. The van der Waals surface area contributed by atoms with Gasteiger partial charge in [0.15, 0.2) is 0 Å². The van der Waals surface area contributed by atoms with Crippen molar-refractivity contribution in [3.63, 3.8) is 0 Å². The van der Waals surface area contributed by atoms with Gasteiger partial charge in [0, 0.05) is 18.0 Å². The van der Waals surface area contributed by atoms with Gasteiger partial charge in [-0.1, -0.05) is 0 Å². The van der Waals surface area contributed by atoms with E-state index in [4.69, 9.17) is 5.73 Å². The number of carbonyl (C=O) groups is 1. The van der Waals surface area contributed by atoms with E-state index in [1.807, 2.05) is 11.0 Å². The molecule has 100 valence electrons. The molecule has 1 aromatic heterocycles. The minimum Gasteiger partial charge on any atom is -0.338 e. The van der Waals surface area contributed by atoms with Crippen molar-refractivity contribution in [1.82, 2.24) is 4.90 Å². The first kappa shape index (κ1) is 13.6. The summed E-state index contributed by atoms with van der Waals surface area (Å²) in [6.45, 7) is 6.68. The number of hydrogen-bond acceptors (Lipinski definition) is 3. The molecular formula is C14H22N2OS. The van der Waals surface area contributed by atoms with E-state index in [9.17, 15) is 4.79 Å². The molecule has 18 heavy (non-hydrogen) atoms. The molecular weight excluding hydrogens is 244 g/mol. The van der Waals surface area contributed by atoms with Crippen LogP contribution in [0, 0.1) is 19.8 Å². The summed E-state index contributed by atoms with van der Waals surface area (Å²) in [6, 6.07) is 2.02. The van der Waals surface area contributed by atoms with Gasteiger partial charge in [-0.25, -0.2) is 0 Å². The van der Waals surface area contributed by atoms with Crippen molar-refractivity contribution in [2.24, 2.45) is 11.7 Å². The molecule has 0 aromatic carbocycles. The number of amides is 1. The summed E-state index contributed by atoms with van der Waals surface area (Å²) in [5.74, 6) is 0.924. The topological polar surface area (TPSA) is 46.3 Å². The molecule has 2 N–H and O–H groups in total. The Bertz CT molecular complexity index is 400. The fourth-order valence-electron chi connectivity index (χ4n) is 2.49. The van der Waals surface area contributed by atoms with Gasteiger partial charge in [-0.2, -0.15) is 0 Å². The average molecular weight is 266 g/mol. The summed E-state index contributed by atoms with van der Waals surface area (Å²) in [7, 11) is 0. The van der Waals surface area contributed by atoms with Crippen LogP contribution in [0.4, 0.5) is 0 Å². The fraction of sp³-hybridized carbons (Fsp3) is 0.643. The van der Waals surface area contributed by atoms with E-state index in [0.29, 0.717) is 5.92 Å². The highest BCUT2D eigenvalue weighted by atomic mass is 32.1. The molecule has 2 rings (SSSR count). The Morgan fingerprint density at radius 1 is 1.44 bits per heavy atom. The zero-order chi connectivity index (χ0) is 13.1. The Labute approximate surface area is 113 Å². The number of aryl methyl sites for hydroxylation is 2. The van der Waals surface area contributed by atoms with E-state index < -0.39 is 0 Å². The minimum absolute atomic E-state index is 0.211. The molecule has 0 unspecified atom stereocenters. The summed E-state index contributed by atoms with van der Waals surface area (Å²) < 4.78 is 0. The summed E-state index contributed by atoms with van der Waals surface area (Å²) in [5, 5.41) is 0. The van der Waals surface area contributed by atoms with Gasteiger partial charge in [0.2, 0.25) is 0 Å². The quantitative estimate of drug-likeness (QED) is 0.914. The molecule has 1 aromatic rings. The highest BCUT2D eigenvalue weighted by Gasteiger charge is 2.24. The van der Waals surface area contributed by atoms with E-state index >= 15 is 0 Å². The van der Waals surface area contributed by atoms with Gasteiger partial charge in [0.1, 0.15) is 0 Å². The lowest BCUT2D eigenvalue weighted by Gasteiger charge is -2.31. The molecule has 2 heterocycles. The largest absolute Gasteiger partial charge is 0.338 e. The van der Waals surface area contributed by atoms with Crippen LogP contribution in [0.3, 0.4) is 0 Å². The third kappa shape index (κ3) is 2.93. The van der Waals surface area contributed by atoms with E-state index in [1.165, 1.54) is 10.4 Å². The van der Waals surface area contributed by atoms with Crippen molar-refractivity contribution >= 4 is 17.2 Å². The number of piperidine rings is 1. The number of nitrogens with zero attached hydrogens (tertiary/aromatic N) is 1. The number of hydrogen-bond donors (Lipinski definition) is 1. The maximum Gasteiger partial charge on any atom is 0.263 e. The fourth-order valence-corrected chi connectivity index (χ4v) is 3.50. The van der Waals surface area contributed by atoms with Crippen molar-refractivity contribution in [2.75, 3.05) is 19.6 Å². The van der Waals surface area contributed by atoms with Crippen LogP contribution in [0.2, 0.25) is 0 Å². The Kier molecular flexibility index (Phi) is 4.40. The Hall–Kier alpha value is -0.870. The highest BCUT2D eigenvalue weighted by molar-refractivity contribution is 7.14. The molecule has 3 nitrogen and oxygen atoms in total. The summed E-state index contributed by atoms with van der Waals surface area (Å²) in [4.78, 5) is 16.5. The first-order valence-corrected chi connectivity index (χ1v) is 7.50. The van der Waals surface area contributed by atoms with Crippen LogP contribution in [-0.4, -0.2) is 30.4 Å². The molecule has 1 amide bonds. The molecule has 1 fully saturated rings. The van der Waals surface area contributed by atoms with Crippen molar-refractivity contribution in [3.05, 3.63) is 21.4 Å². The van der Waals surface area contributed by atoms with Gasteiger partial charge in [0.25, 0.3) is 5.91 Å². The number of likely N-dealkylation sites (tertiary alicyclic amines) is 1. The molecule has 1 aliphatic heterocycles. The standard InChI is InChI=1S/C14H22N2OS/c1-10-9-13(18-11(10)2)14(17)16-7-4-12(3-6-15)5-8-16/h9,12H,3-8,15H2,1-2H3. The summed E-state index contributed by atoms with van der Waals surface area (Å²) >= 11 is 1.62. The summed E-state index contributed by atoms with van der Waals surface area (Å²) in [6.07, 6.45) is 3.30. The van der Waals surface area contributed by atoms with Gasteiger partial charge >= 0.3 is 0 Å². The molecule has 0 bridgehead atoms. The smallest absolute Gasteiger partial charge is 0.263 e. The van der Waals surface area contributed by atoms with Crippen molar-refractivity contribution in [3.8, 4) is 0 Å². The lowest BCUT2D eigenvalue weighted by molar-refractivity contribution is 0.0693. The minimum atomic E-state index is 0.211. The normalized spacial score (nSPS) is 17.2. The Morgan fingerprint density at radius 2 is 2.11 bits per heavy atom. The highest BCUT2D eigenvalue weighted by Crippen LogP contribution is 2.25. The van der Waals surface area contributed by atoms with Crippen molar-refractivity contribution < 1.29 is 4.79 Å². The molecule has 4 heteroatoms.